The zero-order valence-corrected chi connectivity index (χ0v) is 12.3. The van der Waals surface area contributed by atoms with E-state index in [0.717, 1.165) is 0 Å². The summed E-state index contributed by atoms with van der Waals surface area (Å²) in [6.07, 6.45) is 19.7. The summed E-state index contributed by atoms with van der Waals surface area (Å²) >= 11 is 0. The van der Waals surface area contributed by atoms with Crippen LogP contribution in [0.3, 0.4) is 0 Å². The average Bonchev–Trinajstić information content (AvgIpc) is 3.14. The molecule has 1 nitrogen and oxygen atoms in total. The summed E-state index contributed by atoms with van der Waals surface area (Å²) in [5, 5.41) is 0. The Morgan fingerprint density at radius 3 is 1.78 bits per heavy atom. The van der Waals surface area contributed by atoms with Crippen molar-refractivity contribution in [1.82, 2.24) is 0 Å². The van der Waals surface area contributed by atoms with E-state index in [4.69, 9.17) is 4.74 Å². The first-order chi connectivity index (χ1) is 8.88. The van der Waals surface area contributed by atoms with Crippen LogP contribution < -0.4 is 0 Å². The monoisotopic (exact) mass is 252 g/mol. The quantitative estimate of drug-likeness (QED) is 0.235. The lowest BCUT2D eigenvalue weighted by molar-refractivity contribution is 0.372. The van der Waals surface area contributed by atoms with Crippen molar-refractivity contribution in [2.24, 2.45) is 0 Å². The van der Waals surface area contributed by atoms with Crippen LogP contribution in [0.4, 0.5) is 0 Å². The van der Waals surface area contributed by atoms with E-state index in [-0.39, 0.29) is 0 Å². The highest BCUT2D eigenvalue weighted by Crippen LogP contribution is 2.28. The second-order valence-corrected chi connectivity index (χ2v) is 5.70. The molecule has 0 saturated carbocycles. The van der Waals surface area contributed by atoms with E-state index >= 15 is 0 Å². The van der Waals surface area contributed by atoms with Crippen molar-refractivity contribution in [3.8, 4) is 0 Å². The number of unbranched alkanes of at least 4 members (excludes halogenated alkanes) is 10. The maximum Gasteiger partial charge on any atom is 0.102 e. The molecule has 1 aliphatic heterocycles. The van der Waals surface area contributed by atoms with Gasteiger partial charge >= 0.3 is 0 Å². The van der Waals surface area contributed by atoms with Gasteiger partial charge in [-0.2, -0.15) is 0 Å². The topological polar surface area (TPSA) is 12.5 Å². The Labute approximate surface area is 114 Å². The first kappa shape index (κ1) is 15.8. The molecule has 0 aromatic rings. The van der Waals surface area contributed by atoms with Crippen LogP contribution in [0.1, 0.15) is 84.0 Å². The molecule has 0 N–H and O–H groups in total. The van der Waals surface area contributed by atoms with E-state index in [2.05, 4.69) is 13.5 Å². The number of epoxide rings is 1. The van der Waals surface area contributed by atoms with E-state index in [1.807, 2.05) is 6.08 Å². The van der Waals surface area contributed by atoms with Crippen molar-refractivity contribution in [1.29, 1.82) is 0 Å². The van der Waals surface area contributed by atoms with E-state index in [1.54, 1.807) is 0 Å². The zero-order valence-electron chi connectivity index (χ0n) is 12.3. The molecular weight excluding hydrogens is 220 g/mol. The molecule has 0 unspecified atom stereocenters. The molecule has 1 heterocycles. The van der Waals surface area contributed by atoms with Crippen LogP contribution in [-0.2, 0) is 4.74 Å². The maximum absolute atomic E-state index is 5.44. The van der Waals surface area contributed by atoms with E-state index < -0.39 is 0 Å². The number of rotatable bonds is 13. The minimum atomic E-state index is 0.383. The molecule has 0 aromatic carbocycles. The van der Waals surface area contributed by atoms with Gasteiger partial charge in [-0.1, -0.05) is 83.6 Å². The van der Waals surface area contributed by atoms with Crippen LogP contribution >= 0.6 is 0 Å². The summed E-state index contributed by atoms with van der Waals surface area (Å²) < 4.78 is 5.44. The van der Waals surface area contributed by atoms with Gasteiger partial charge in [0.05, 0.1) is 6.10 Å². The molecule has 0 aromatic heterocycles. The van der Waals surface area contributed by atoms with Gasteiger partial charge in [-0.25, -0.2) is 0 Å². The smallest absolute Gasteiger partial charge is 0.102 e. The van der Waals surface area contributed by atoms with Crippen molar-refractivity contribution >= 4 is 0 Å². The number of hydrogen-bond acceptors (Lipinski definition) is 1. The van der Waals surface area contributed by atoms with E-state index in [9.17, 15) is 0 Å². The number of hydrogen-bond donors (Lipinski definition) is 0. The summed E-state index contributed by atoms with van der Waals surface area (Å²) in [4.78, 5) is 0. The van der Waals surface area contributed by atoms with Crippen LogP contribution in [0.2, 0.25) is 0 Å². The third-order valence-corrected chi connectivity index (χ3v) is 3.95. The lowest BCUT2D eigenvalue weighted by Crippen LogP contribution is -1.90. The van der Waals surface area contributed by atoms with Gasteiger partial charge in [0.25, 0.3) is 0 Å². The van der Waals surface area contributed by atoms with Gasteiger partial charge in [0, 0.05) is 0 Å². The van der Waals surface area contributed by atoms with Crippen LogP contribution in [0.5, 0.6) is 0 Å². The summed E-state index contributed by atoms with van der Waals surface area (Å²) in [5.74, 6) is 0. The molecule has 1 saturated heterocycles. The Kier molecular flexibility index (Phi) is 9.28. The van der Waals surface area contributed by atoms with Gasteiger partial charge in [-0.3, -0.25) is 0 Å². The Hall–Kier alpha value is -0.300. The molecule has 1 rings (SSSR count). The molecule has 0 aliphatic carbocycles. The van der Waals surface area contributed by atoms with Gasteiger partial charge < -0.3 is 4.74 Å². The maximum atomic E-state index is 5.44. The molecule has 1 aliphatic rings. The Bertz CT molecular complexity index is 200. The Morgan fingerprint density at radius 1 is 0.833 bits per heavy atom. The summed E-state index contributed by atoms with van der Waals surface area (Å²) in [5.41, 5.74) is 0. The predicted molar refractivity (Wildman–Crippen MR) is 79.9 cm³/mol. The average molecular weight is 252 g/mol. The second kappa shape index (κ2) is 10.6. The van der Waals surface area contributed by atoms with E-state index in [1.165, 1.54) is 77.0 Å². The van der Waals surface area contributed by atoms with Crippen LogP contribution in [0.15, 0.2) is 12.7 Å². The minimum absolute atomic E-state index is 0.383. The SMILES string of the molecule is C=C[C@@H]1O[C@H]1CCCCCCCCCCCCC. The van der Waals surface area contributed by atoms with E-state index in [0.29, 0.717) is 12.2 Å². The first-order valence-corrected chi connectivity index (χ1v) is 8.16. The standard InChI is InChI=1S/C17H32O/c1-3-5-6-7-8-9-10-11-12-13-14-15-17-16(4-2)18-17/h4,16-17H,2-3,5-15H2,1H3/t16-,17-/m0/s1. The molecular formula is C17H32O. The molecule has 0 amide bonds. The summed E-state index contributed by atoms with van der Waals surface area (Å²) in [6.45, 7) is 6.03. The highest BCUT2D eigenvalue weighted by molar-refractivity contribution is 4.97. The van der Waals surface area contributed by atoms with Crippen LogP contribution in [-0.4, -0.2) is 12.2 Å². The van der Waals surface area contributed by atoms with Crippen molar-refractivity contribution in [2.75, 3.05) is 0 Å². The number of ether oxygens (including phenoxy) is 1. The molecule has 1 fully saturated rings. The lowest BCUT2D eigenvalue weighted by atomic mass is 10.0. The third-order valence-electron chi connectivity index (χ3n) is 3.95. The van der Waals surface area contributed by atoms with Crippen molar-refractivity contribution in [3.05, 3.63) is 12.7 Å². The summed E-state index contributed by atoms with van der Waals surface area (Å²) in [7, 11) is 0. The molecule has 18 heavy (non-hydrogen) atoms. The normalized spacial score (nSPS) is 22.1. The van der Waals surface area contributed by atoms with Gasteiger partial charge in [0.1, 0.15) is 6.10 Å². The Morgan fingerprint density at radius 2 is 1.33 bits per heavy atom. The fraction of sp³-hybridized carbons (Fsp3) is 0.882. The third kappa shape index (κ3) is 7.92. The fourth-order valence-electron chi connectivity index (χ4n) is 2.61. The van der Waals surface area contributed by atoms with Crippen molar-refractivity contribution in [2.45, 2.75) is 96.2 Å². The van der Waals surface area contributed by atoms with Gasteiger partial charge in [-0.15, -0.1) is 6.58 Å². The first-order valence-electron chi connectivity index (χ1n) is 8.16. The van der Waals surface area contributed by atoms with Gasteiger partial charge in [0.2, 0.25) is 0 Å². The summed E-state index contributed by atoms with van der Waals surface area (Å²) in [6, 6.07) is 0. The Balaban J connectivity index is 1.68. The van der Waals surface area contributed by atoms with Crippen LogP contribution in [0.25, 0.3) is 0 Å². The molecule has 0 radical (unpaired) electrons. The predicted octanol–water partition coefficient (Wildman–Crippen LogP) is 5.64. The fourth-order valence-corrected chi connectivity index (χ4v) is 2.61. The van der Waals surface area contributed by atoms with Gasteiger partial charge in [0.15, 0.2) is 0 Å². The van der Waals surface area contributed by atoms with Crippen LogP contribution in [0, 0.1) is 0 Å². The lowest BCUT2D eigenvalue weighted by Gasteiger charge is -2.02. The zero-order chi connectivity index (χ0) is 13.1. The highest BCUT2D eigenvalue weighted by Gasteiger charge is 2.34. The molecule has 0 bridgehead atoms. The molecule has 1 heteroatoms. The van der Waals surface area contributed by atoms with Gasteiger partial charge in [-0.05, 0) is 6.42 Å². The second-order valence-electron chi connectivity index (χ2n) is 5.70. The molecule has 0 spiro atoms. The molecule has 106 valence electrons. The van der Waals surface area contributed by atoms with Crippen molar-refractivity contribution in [3.63, 3.8) is 0 Å². The largest absolute Gasteiger partial charge is 0.365 e. The minimum Gasteiger partial charge on any atom is -0.365 e. The highest BCUT2D eigenvalue weighted by atomic mass is 16.6. The molecule has 2 atom stereocenters. The van der Waals surface area contributed by atoms with Crippen molar-refractivity contribution < 1.29 is 4.74 Å².